The summed E-state index contributed by atoms with van der Waals surface area (Å²) in [5.41, 5.74) is 3.79. The zero-order valence-electron chi connectivity index (χ0n) is 15.2. The normalized spacial score (nSPS) is 11.8. The Morgan fingerprint density at radius 2 is 1.76 bits per heavy atom. The van der Waals surface area contributed by atoms with Crippen LogP contribution in [0.2, 0.25) is 0 Å². The molecule has 0 heterocycles. The van der Waals surface area contributed by atoms with E-state index in [4.69, 9.17) is 4.74 Å². The van der Waals surface area contributed by atoms with Gasteiger partial charge in [0.15, 0.2) is 6.10 Å². The summed E-state index contributed by atoms with van der Waals surface area (Å²) in [6, 6.07) is 22.1. The molecule has 0 saturated carbocycles. The lowest BCUT2D eigenvalue weighted by atomic mass is 10.1. The van der Waals surface area contributed by atoms with Gasteiger partial charge in [0.2, 0.25) is 0 Å². The predicted molar refractivity (Wildman–Crippen MR) is 113 cm³/mol. The van der Waals surface area contributed by atoms with Gasteiger partial charge in [-0.3, -0.25) is 4.79 Å². The lowest BCUT2D eigenvalue weighted by Gasteiger charge is -2.08. The van der Waals surface area contributed by atoms with Crippen LogP contribution in [-0.2, 0) is 4.79 Å². The molecular weight excluding hydrogens is 436 g/mol. The lowest BCUT2D eigenvalue weighted by Crippen LogP contribution is -2.25. The number of nitrogens with zero attached hydrogens (tertiary/aromatic N) is 1. The van der Waals surface area contributed by atoms with Crippen molar-refractivity contribution in [2.75, 3.05) is 0 Å². The van der Waals surface area contributed by atoms with E-state index in [-0.39, 0.29) is 0 Å². The summed E-state index contributed by atoms with van der Waals surface area (Å²) in [4.78, 5) is 24.2. The van der Waals surface area contributed by atoms with Crippen molar-refractivity contribution in [3.8, 4) is 5.75 Å². The van der Waals surface area contributed by atoms with E-state index in [0.29, 0.717) is 22.4 Å². The molecule has 2 N–H and O–H groups in total. The van der Waals surface area contributed by atoms with Gasteiger partial charge in [0, 0.05) is 4.47 Å². The second kappa shape index (κ2) is 9.77. The summed E-state index contributed by atoms with van der Waals surface area (Å²) in [7, 11) is 0. The molecule has 3 aromatic carbocycles. The van der Waals surface area contributed by atoms with Crippen molar-refractivity contribution in [1.29, 1.82) is 0 Å². The Morgan fingerprint density at radius 3 is 2.52 bits per heavy atom. The number of rotatable bonds is 6. The number of amides is 1. The molecule has 146 valence electrons. The third-order valence-electron chi connectivity index (χ3n) is 3.88. The maximum absolute atomic E-state index is 12.2. The number of esters is 1. The Morgan fingerprint density at radius 1 is 1.00 bits per heavy atom. The van der Waals surface area contributed by atoms with Crippen LogP contribution in [0.25, 0.3) is 0 Å². The second-order valence-corrected chi connectivity index (χ2v) is 6.94. The molecule has 0 aliphatic heterocycles. The summed E-state index contributed by atoms with van der Waals surface area (Å²) < 4.78 is 6.15. The molecule has 0 fully saturated rings. The number of aliphatic hydroxyl groups excluding tert-OH is 1. The van der Waals surface area contributed by atoms with Gasteiger partial charge in [-0.05, 0) is 41.5 Å². The van der Waals surface area contributed by atoms with Crippen LogP contribution >= 0.6 is 15.9 Å². The fourth-order valence-electron chi connectivity index (χ4n) is 2.46. The second-order valence-electron chi connectivity index (χ2n) is 6.02. The number of halogens is 1. The Bertz CT molecular complexity index is 1040. The lowest BCUT2D eigenvalue weighted by molar-refractivity contribution is -0.129. The van der Waals surface area contributed by atoms with Crippen LogP contribution in [0.15, 0.2) is 88.4 Å². The van der Waals surface area contributed by atoms with E-state index in [2.05, 4.69) is 26.5 Å². The number of carbonyl (C=O) groups excluding carboxylic acids is 2. The Hall–Kier alpha value is -3.29. The van der Waals surface area contributed by atoms with Gasteiger partial charge in [0.1, 0.15) is 5.75 Å². The monoisotopic (exact) mass is 452 g/mol. The predicted octanol–water partition coefficient (Wildman–Crippen LogP) is 3.85. The first-order valence-electron chi connectivity index (χ1n) is 8.66. The first kappa shape index (κ1) is 20.4. The maximum atomic E-state index is 12.2. The molecule has 1 unspecified atom stereocenters. The molecular formula is C22H17BrN2O4. The number of ether oxygens (including phenoxy) is 1. The molecule has 6 nitrogen and oxygen atoms in total. The molecule has 0 saturated heterocycles. The SMILES string of the molecule is O=C(Oc1cccc(/C=N/NC(=O)C(O)c2ccccc2)c1)c1cccc(Br)c1. The zero-order chi connectivity index (χ0) is 20.6. The summed E-state index contributed by atoms with van der Waals surface area (Å²) >= 11 is 3.32. The van der Waals surface area contributed by atoms with Crippen molar-refractivity contribution in [2.24, 2.45) is 5.10 Å². The van der Waals surface area contributed by atoms with Crippen LogP contribution in [-0.4, -0.2) is 23.2 Å². The molecule has 29 heavy (non-hydrogen) atoms. The molecule has 1 amide bonds. The van der Waals surface area contributed by atoms with Gasteiger partial charge in [0.05, 0.1) is 11.8 Å². The summed E-state index contributed by atoms with van der Waals surface area (Å²) in [6.07, 6.45) is 0.0809. The van der Waals surface area contributed by atoms with E-state index in [9.17, 15) is 14.7 Å². The number of hydrogen-bond acceptors (Lipinski definition) is 5. The van der Waals surface area contributed by atoms with Crippen LogP contribution < -0.4 is 10.2 Å². The summed E-state index contributed by atoms with van der Waals surface area (Å²) in [5.74, 6) is -0.793. The first-order valence-corrected chi connectivity index (χ1v) is 9.46. The smallest absolute Gasteiger partial charge is 0.343 e. The van der Waals surface area contributed by atoms with Crippen molar-refractivity contribution in [3.63, 3.8) is 0 Å². The number of benzene rings is 3. The average molecular weight is 453 g/mol. The topological polar surface area (TPSA) is 88.0 Å². The fourth-order valence-corrected chi connectivity index (χ4v) is 2.86. The van der Waals surface area contributed by atoms with Gasteiger partial charge < -0.3 is 9.84 Å². The Labute approximate surface area is 176 Å². The van der Waals surface area contributed by atoms with E-state index in [1.54, 1.807) is 72.8 Å². The van der Waals surface area contributed by atoms with Crippen molar-refractivity contribution in [2.45, 2.75) is 6.10 Å². The van der Waals surface area contributed by atoms with Gasteiger partial charge in [-0.2, -0.15) is 5.10 Å². The molecule has 3 rings (SSSR count). The molecule has 0 radical (unpaired) electrons. The van der Waals surface area contributed by atoms with Crippen LogP contribution in [0.4, 0.5) is 0 Å². The highest BCUT2D eigenvalue weighted by atomic mass is 79.9. The first-order chi connectivity index (χ1) is 14.0. The van der Waals surface area contributed by atoms with Crippen LogP contribution in [0.3, 0.4) is 0 Å². The third kappa shape index (κ3) is 5.84. The Balaban J connectivity index is 1.60. The van der Waals surface area contributed by atoms with Gasteiger partial charge in [-0.25, -0.2) is 10.2 Å². The van der Waals surface area contributed by atoms with E-state index < -0.39 is 18.0 Å². The highest BCUT2D eigenvalue weighted by molar-refractivity contribution is 9.10. The maximum Gasteiger partial charge on any atom is 0.343 e. The molecule has 0 aliphatic carbocycles. The van der Waals surface area contributed by atoms with Crippen molar-refractivity contribution >= 4 is 34.0 Å². The summed E-state index contributed by atoms with van der Waals surface area (Å²) in [5, 5.41) is 13.9. The minimum atomic E-state index is -1.31. The van der Waals surface area contributed by atoms with E-state index in [0.717, 1.165) is 4.47 Å². The van der Waals surface area contributed by atoms with Crippen LogP contribution in [0.1, 0.15) is 27.6 Å². The standard InChI is InChI=1S/C22H17BrN2O4/c23-18-10-5-9-17(13-18)22(28)29-19-11-4-6-15(12-19)14-24-25-21(27)20(26)16-7-2-1-3-8-16/h1-14,20,26H,(H,25,27)/b24-14+. The highest BCUT2D eigenvalue weighted by Crippen LogP contribution is 2.17. The van der Waals surface area contributed by atoms with Crippen LogP contribution in [0.5, 0.6) is 5.75 Å². The van der Waals surface area contributed by atoms with E-state index in [1.807, 2.05) is 6.07 Å². The average Bonchev–Trinajstić information content (AvgIpc) is 2.74. The molecule has 3 aromatic rings. The molecule has 7 heteroatoms. The minimum absolute atomic E-state index is 0.342. The fraction of sp³-hybridized carbons (Fsp3) is 0.0455. The number of hydrazone groups is 1. The molecule has 0 aliphatic rings. The van der Waals surface area contributed by atoms with Gasteiger partial charge in [-0.15, -0.1) is 0 Å². The van der Waals surface area contributed by atoms with Gasteiger partial charge >= 0.3 is 5.97 Å². The van der Waals surface area contributed by atoms with Crippen molar-refractivity contribution in [3.05, 3.63) is 100 Å². The molecule has 1 atom stereocenters. The number of aliphatic hydroxyl groups is 1. The quantitative estimate of drug-likeness (QED) is 0.257. The largest absolute Gasteiger partial charge is 0.423 e. The van der Waals surface area contributed by atoms with Gasteiger partial charge in [0.25, 0.3) is 5.91 Å². The van der Waals surface area contributed by atoms with Crippen LogP contribution in [0, 0.1) is 0 Å². The van der Waals surface area contributed by atoms with E-state index >= 15 is 0 Å². The van der Waals surface area contributed by atoms with Crippen molar-refractivity contribution < 1.29 is 19.4 Å². The van der Waals surface area contributed by atoms with Crippen molar-refractivity contribution in [1.82, 2.24) is 5.43 Å². The third-order valence-corrected chi connectivity index (χ3v) is 4.37. The number of nitrogens with one attached hydrogen (secondary N) is 1. The molecule has 0 spiro atoms. The zero-order valence-corrected chi connectivity index (χ0v) is 16.7. The van der Waals surface area contributed by atoms with Gasteiger partial charge in [-0.1, -0.05) is 64.5 Å². The number of carbonyl (C=O) groups is 2. The molecule has 0 bridgehead atoms. The number of hydrogen-bond donors (Lipinski definition) is 2. The highest BCUT2D eigenvalue weighted by Gasteiger charge is 2.16. The Kier molecular flexibility index (Phi) is 6.89. The summed E-state index contributed by atoms with van der Waals surface area (Å²) in [6.45, 7) is 0. The molecule has 0 aromatic heterocycles. The minimum Gasteiger partial charge on any atom is -0.423 e. The van der Waals surface area contributed by atoms with E-state index in [1.165, 1.54) is 6.21 Å².